The molecule has 1 saturated heterocycles. The highest BCUT2D eigenvalue weighted by Gasteiger charge is 2.49. The Kier molecular flexibility index (Phi) is 5.50. The standard InChI is InChI=1S/C24H21NO5/c1-29-19-14-12-18(13-15-19)23-25(22(26)17-10-6-3-7-11-17)20(21(30-23)24(27)28)16-8-4-2-5-9-16/h2-15,20-21,23H,1H3,(H,27,28). The number of carboxylic acid groups (broad SMARTS) is 1. The third-order valence-electron chi connectivity index (χ3n) is 5.16. The van der Waals surface area contributed by atoms with E-state index in [1.165, 1.54) is 4.90 Å². The summed E-state index contributed by atoms with van der Waals surface area (Å²) in [7, 11) is 1.57. The number of amides is 1. The van der Waals surface area contributed by atoms with Crippen LogP contribution < -0.4 is 4.74 Å². The monoisotopic (exact) mass is 403 g/mol. The molecule has 152 valence electrons. The molecular weight excluding hydrogens is 382 g/mol. The van der Waals surface area contributed by atoms with Gasteiger partial charge >= 0.3 is 5.97 Å². The molecule has 0 spiro atoms. The Labute approximate surface area is 174 Å². The Morgan fingerprint density at radius 2 is 1.47 bits per heavy atom. The largest absolute Gasteiger partial charge is 0.497 e. The van der Waals surface area contributed by atoms with Gasteiger partial charge in [-0.1, -0.05) is 60.7 Å². The van der Waals surface area contributed by atoms with Crippen molar-refractivity contribution in [2.75, 3.05) is 7.11 Å². The second-order valence-electron chi connectivity index (χ2n) is 6.95. The van der Waals surface area contributed by atoms with E-state index < -0.39 is 24.3 Å². The van der Waals surface area contributed by atoms with Crippen LogP contribution in [0.25, 0.3) is 0 Å². The highest BCUT2D eigenvalue weighted by molar-refractivity contribution is 5.95. The van der Waals surface area contributed by atoms with Crippen LogP contribution in [0.1, 0.15) is 33.8 Å². The van der Waals surface area contributed by atoms with E-state index in [9.17, 15) is 14.7 Å². The van der Waals surface area contributed by atoms with Gasteiger partial charge in [-0.25, -0.2) is 4.79 Å². The Bertz CT molecular complexity index is 1020. The molecule has 0 saturated carbocycles. The zero-order valence-electron chi connectivity index (χ0n) is 16.3. The highest BCUT2D eigenvalue weighted by Crippen LogP contribution is 2.44. The van der Waals surface area contributed by atoms with Gasteiger partial charge in [-0.15, -0.1) is 0 Å². The number of carbonyl (C=O) groups excluding carboxylic acids is 1. The third-order valence-corrected chi connectivity index (χ3v) is 5.16. The second-order valence-corrected chi connectivity index (χ2v) is 6.95. The van der Waals surface area contributed by atoms with Crippen molar-refractivity contribution < 1.29 is 24.2 Å². The maximum absolute atomic E-state index is 13.5. The number of aliphatic carboxylic acids is 1. The summed E-state index contributed by atoms with van der Waals surface area (Å²) in [4.78, 5) is 27.1. The van der Waals surface area contributed by atoms with E-state index in [1.807, 2.05) is 36.4 Å². The van der Waals surface area contributed by atoms with Crippen LogP contribution in [-0.2, 0) is 9.53 Å². The normalized spacial score (nSPS) is 20.7. The van der Waals surface area contributed by atoms with Gasteiger partial charge in [0, 0.05) is 11.1 Å². The van der Waals surface area contributed by atoms with Crippen LogP contribution in [0.4, 0.5) is 0 Å². The summed E-state index contributed by atoms with van der Waals surface area (Å²) >= 11 is 0. The molecule has 0 aliphatic carbocycles. The number of rotatable bonds is 5. The maximum Gasteiger partial charge on any atom is 0.335 e. The number of benzene rings is 3. The SMILES string of the molecule is COc1ccc(C2OC(C(=O)O)C(c3ccccc3)N2C(=O)c2ccccc2)cc1. The molecule has 3 aromatic rings. The zero-order chi connectivity index (χ0) is 21.1. The average Bonchev–Trinajstić information content (AvgIpc) is 3.21. The van der Waals surface area contributed by atoms with Crippen LogP contribution in [0.5, 0.6) is 5.75 Å². The van der Waals surface area contributed by atoms with Crippen molar-refractivity contribution in [2.24, 2.45) is 0 Å². The van der Waals surface area contributed by atoms with E-state index in [0.717, 1.165) is 0 Å². The van der Waals surface area contributed by atoms with Gasteiger partial charge in [0.25, 0.3) is 5.91 Å². The summed E-state index contributed by atoms with van der Waals surface area (Å²) in [5.74, 6) is -0.758. The van der Waals surface area contributed by atoms with Gasteiger partial charge in [-0.3, -0.25) is 9.69 Å². The van der Waals surface area contributed by atoms with Crippen LogP contribution in [-0.4, -0.2) is 35.1 Å². The van der Waals surface area contributed by atoms with Gasteiger partial charge < -0.3 is 14.6 Å². The molecule has 3 atom stereocenters. The summed E-state index contributed by atoms with van der Waals surface area (Å²) in [5, 5.41) is 9.88. The number of methoxy groups -OCH3 is 1. The minimum absolute atomic E-state index is 0.297. The van der Waals surface area contributed by atoms with Gasteiger partial charge in [0.1, 0.15) is 5.75 Å². The van der Waals surface area contributed by atoms with Crippen LogP contribution in [0.15, 0.2) is 84.9 Å². The lowest BCUT2D eigenvalue weighted by molar-refractivity contribution is -0.150. The first-order chi connectivity index (χ1) is 14.6. The molecule has 1 N–H and O–H groups in total. The molecule has 3 aromatic carbocycles. The lowest BCUT2D eigenvalue weighted by Crippen LogP contribution is -2.36. The lowest BCUT2D eigenvalue weighted by atomic mass is 9.99. The molecule has 1 aliphatic rings. The lowest BCUT2D eigenvalue weighted by Gasteiger charge is -2.29. The Morgan fingerprint density at radius 3 is 2.03 bits per heavy atom. The van der Waals surface area contributed by atoms with Crippen molar-refractivity contribution >= 4 is 11.9 Å². The Balaban J connectivity index is 1.83. The van der Waals surface area contributed by atoms with E-state index in [-0.39, 0.29) is 5.91 Å². The molecular formula is C24H21NO5. The van der Waals surface area contributed by atoms with E-state index in [1.54, 1.807) is 55.6 Å². The first kappa shape index (κ1) is 19.7. The zero-order valence-corrected chi connectivity index (χ0v) is 16.3. The first-order valence-corrected chi connectivity index (χ1v) is 9.55. The van der Waals surface area contributed by atoms with Crippen molar-refractivity contribution in [2.45, 2.75) is 18.4 Å². The van der Waals surface area contributed by atoms with Gasteiger partial charge in [0.15, 0.2) is 12.3 Å². The fourth-order valence-electron chi connectivity index (χ4n) is 3.72. The minimum atomic E-state index is -1.20. The summed E-state index contributed by atoms with van der Waals surface area (Å²) in [6.07, 6.45) is -2.05. The molecule has 4 rings (SSSR count). The van der Waals surface area contributed by atoms with E-state index in [4.69, 9.17) is 9.47 Å². The smallest absolute Gasteiger partial charge is 0.335 e. The van der Waals surface area contributed by atoms with Crippen molar-refractivity contribution in [1.29, 1.82) is 0 Å². The second kappa shape index (κ2) is 8.39. The summed E-state index contributed by atoms with van der Waals surface area (Å²) < 4.78 is 11.2. The van der Waals surface area contributed by atoms with Crippen LogP contribution in [0.2, 0.25) is 0 Å². The summed E-state index contributed by atoms with van der Waals surface area (Å²) in [6.45, 7) is 0. The molecule has 0 aromatic heterocycles. The summed E-state index contributed by atoms with van der Waals surface area (Å²) in [5.41, 5.74) is 1.83. The van der Waals surface area contributed by atoms with Crippen LogP contribution in [0.3, 0.4) is 0 Å². The Morgan fingerprint density at radius 1 is 0.867 bits per heavy atom. The molecule has 0 radical (unpaired) electrons. The molecule has 3 unspecified atom stereocenters. The van der Waals surface area contributed by atoms with Crippen molar-refractivity contribution in [3.63, 3.8) is 0 Å². The van der Waals surface area contributed by atoms with Gasteiger partial charge in [0.05, 0.1) is 13.2 Å². The van der Waals surface area contributed by atoms with Crippen molar-refractivity contribution in [1.82, 2.24) is 4.90 Å². The van der Waals surface area contributed by atoms with E-state index in [0.29, 0.717) is 22.4 Å². The number of hydrogen-bond acceptors (Lipinski definition) is 4. The highest BCUT2D eigenvalue weighted by atomic mass is 16.6. The van der Waals surface area contributed by atoms with E-state index >= 15 is 0 Å². The predicted octanol–water partition coefficient (Wildman–Crippen LogP) is 4.06. The third kappa shape index (κ3) is 3.65. The molecule has 1 heterocycles. The number of hydrogen-bond donors (Lipinski definition) is 1. The van der Waals surface area contributed by atoms with Crippen molar-refractivity contribution in [3.8, 4) is 5.75 Å². The predicted molar refractivity (Wildman–Crippen MR) is 110 cm³/mol. The Hall–Kier alpha value is -3.64. The fourth-order valence-corrected chi connectivity index (χ4v) is 3.72. The minimum Gasteiger partial charge on any atom is -0.497 e. The molecule has 1 aliphatic heterocycles. The quantitative estimate of drug-likeness (QED) is 0.695. The number of ether oxygens (including phenoxy) is 2. The van der Waals surface area contributed by atoms with E-state index in [2.05, 4.69) is 0 Å². The molecule has 6 heteroatoms. The van der Waals surface area contributed by atoms with Gasteiger partial charge in [-0.2, -0.15) is 0 Å². The molecule has 1 fully saturated rings. The fraction of sp³-hybridized carbons (Fsp3) is 0.167. The average molecular weight is 403 g/mol. The van der Waals surface area contributed by atoms with Gasteiger partial charge in [-0.05, 0) is 29.8 Å². The number of carboxylic acids is 1. The van der Waals surface area contributed by atoms with Crippen molar-refractivity contribution in [3.05, 3.63) is 102 Å². The molecule has 1 amide bonds. The molecule has 30 heavy (non-hydrogen) atoms. The maximum atomic E-state index is 13.5. The van der Waals surface area contributed by atoms with Gasteiger partial charge in [0.2, 0.25) is 0 Å². The molecule has 6 nitrogen and oxygen atoms in total. The number of nitrogens with zero attached hydrogens (tertiary/aromatic N) is 1. The topological polar surface area (TPSA) is 76.1 Å². The first-order valence-electron chi connectivity index (χ1n) is 9.55. The molecule has 0 bridgehead atoms. The summed E-state index contributed by atoms with van der Waals surface area (Å²) in [6, 6.07) is 24.2. The number of carbonyl (C=O) groups is 2. The van der Waals surface area contributed by atoms with Crippen LogP contribution in [0, 0.1) is 0 Å². The van der Waals surface area contributed by atoms with Crippen LogP contribution >= 0.6 is 0 Å².